The number of hydrogen-bond donors (Lipinski definition) is 1. The van der Waals surface area contributed by atoms with Gasteiger partial charge in [-0.15, -0.1) is 0 Å². The number of benzene rings is 1. The summed E-state index contributed by atoms with van der Waals surface area (Å²) in [6.07, 6.45) is -0.332. The first-order valence-corrected chi connectivity index (χ1v) is 6.03. The monoisotopic (exact) mass is 315 g/mol. The first kappa shape index (κ1) is 14.5. The van der Waals surface area contributed by atoms with Gasteiger partial charge in [0, 0.05) is 10.9 Å². The van der Waals surface area contributed by atoms with Gasteiger partial charge < -0.3 is 14.8 Å². The van der Waals surface area contributed by atoms with Crippen LogP contribution in [0, 0.1) is 0 Å². The van der Waals surface area contributed by atoms with Crippen molar-refractivity contribution in [1.82, 2.24) is 5.32 Å². The summed E-state index contributed by atoms with van der Waals surface area (Å²) in [5.41, 5.74) is 0.899. The first-order valence-electron chi connectivity index (χ1n) is 5.23. The van der Waals surface area contributed by atoms with Gasteiger partial charge in [0.15, 0.2) is 0 Å². The minimum Gasteiger partial charge on any atom is -0.467 e. The Morgan fingerprint density at radius 3 is 2.61 bits per heavy atom. The summed E-state index contributed by atoms with van der Waals surface area (Å²) in [6.45, 7) is 0. The Morgan fingerprint density at radius 2 is 2.06 bits per heavy atom. The van der Waals surface area contributed by atoms with Crippen LogP contribution in [-0.4, -0.2) is 32.3 Å². The number of methoxy groups -OCH3 is 2. The highest BCUT2D eigenvalue weighted by Crippen LogP contribution is 2.13. The zero-order valence-corrected chi connectivity index (χ0v) is 11.7. The highest BCUT2D eigenvalue weighted by molar-refractivity contribution is 9.10. The molecule has 1 rings (SSSR count). The van der Waals surface area contributed by atoms with Crippen LogP contribution in [0.3, 0.4) is 0 Å². The summed E-state index contributed by atoms with van der Waals surface area (Å²) in [6, 6.07) is 6.70. The molecule has 1 unspecified atom stereocenters. The van der Waals surface area contributed by atoms with E-state index in [1.165, 1.54) is 14.2 Å². The molecule has 0 saturated carbocycles. The minimum atomic E-state index is -0.767. The molecule has 18 heavy (non-hydrogen) atoms. The van der Waals surface area contributed by atoms with Crippen LogP contribution in [0.15, 0.2) is 28.7 Å². The third kappa shape index (κ3) is 4.37. The summed E-state index contributed by atoms with van der Waals surface area (Å²) in [5.74, 6) is -0.514. The molecule has 0 aromatic heterocycles. The second-order valence-electron chi connectivity index (χ2n) is 3.55. The van der Waals surface area contributed by atoms with E-state index in [0.29, 0.717) is 6.42 Å². The van der Waals surface area contributed by atoms with Crippen LogP contribution >= 0.6 is 15.9 Å². The number of carbonyl (C=O) groups excluding carboxylic acids is 2. The van der Waals surface area contributed by atoms with E-state index in [1.807, 2.05) is 24.3 Å². The molecule has 1 atom stereocenters. The molecular weight excluding hydrogens is 302 g/mol. The predicted octanol–water partition coefficient (Wildman–Crippen LogP) is 1.89. The average Bonchev–Trinajstić information content (AvgIpc) is 2.36. The van der Waals surface area contributed by atoms with Crippen LogP contribution in [0.1, 0.15) is 5.56 Å². The number of nitrogens with one attached hydrogen (secondary N) is 1. The Hall–Kier alpha value is -1.56. The van der Waals surface area contributed by atoms with Crippen molar-refractivity contribution < 1.29 is 19.1 Å². The quantitative estimate of drug-likeness (QED) is 0.862. The average molecular weight is 316 g/mol. The van der Waals surface area contributed by atoms with Crippen molar-refractivity contribution in [2.75, 3.05) is 14.2 Å². The molecule has 1 N–H and O–H groups in total. The molecule has 1 aromatic carbocycles. The molecule has 0 heterocycles. The van der Waals surface area contributed by atoms with E-state index in [-0.39, 0.29) is 0 Å². The van der Waals surface area contributed by atoms with Gasteiger partial charge in [0.25, 0.3) is 0 Å². The fourth-order valence-corrected chi connectivity index (χ4v) is 1.88. The SMILES string of the molecule is COC(=O)NC(Cc1cccc(Br)c1)C(=O)OC. The largest absolute Gasteiger partial charge is 0.467 e. The molecule has 1 amide bonds. The van der Waals surface area contributed by atoms with Crippen molar-refractivity contribution in [3.63, 3.8) is 0 Å². The summed E-state index contributed by atoms with van der Waals surface area (Å²) in [7, 11) is 2.51. The summed E-state index contributed by atoms with van der Waals surface area (Å²) in [4.78, 5) is 22.7. The Balaban J connectivity index is 2.78. The maximum atomic E-state index is 11.5. The van der Waals surface area contributed by atoms with Crippen molar-refractivity contribution in [2.45, 2.75) is 12.5 Å². The Kier molecular flexibility index (Phi) is 5.64. The van der Waals surface area contributed by atoms with Crippen molar-refractivity contribution in [2.24, 2.45) is 0 Å². The molecule has 0 saturated heterocycles. The molecule has 0 aliphatic carbocycles. The van der Waals surface area contributed by atoms with Gasteiger partial charge in [-0.1, -0.05) is 28.1 Å². The lowest BCUT2D eigenvalue weighted by Crippen LogP contribution is -2.43. The van der Waals surface area contributed by atoms with E-state index in [1.54, 1.807) is 0 Å². The molecule has 0 bridgehead atoms. The number of carbonyl (C=O) groups is 2. The lowest BCUT2D eigenvalue weighted by Gasteiger charge is -2.15. The Morgan fingerprint density at radius 1 is 1.33 bits per heavy atom. The van der Waals surface area contributed by atoms with Crippen LogP contribution in [0.2, 0.25) is 0 Å². The maximum absolute atomic E-state index is 11.5. The second-order valence-corrected chi connectivity index (χ2v) is 4.46. The van der Waals surface area contributed by atoms with Gasteiger partial charge in [-0.25, -0.2) is 9.59 Å². The van der Waals surface area contributed by atoms with Gasteiger partial charge in [0.1, 0.15) is 6.04 Å². The van der Waals surface area contributed by atoms with Crippen LogP contribution in [-0.2, 0) is 20.7 Å². The van der Waals surface area contributed by atoms with Crippen LogP contribution in [0.25, 0.3) is 0 Å². The molecule has 0 spiro atoms. The van der Waals surface area contributed by atoms with Gasteiger partial charge >= 0.3 is 12.1 Å². The molecule has 0 fully saturated rings. The van der Waals surface area contributed by atoms with Crippen molar-refractivity contribution in [3.05, 3.63) is 34.3 Å². The van der Waals surface area contributed by atoms with E-state index in [9.17, 15) is 9.59 Å². The van der Waals surface area contributed by atoms with E-state index in [4.69, 9.17) is 0 Å². The predicted molar refractivity (Wildman–Crippen MR) is 69.2 cm³/mol. The standard InChI is InChI=1S/C12H14BrNO4/c1-17-11(15)10(14-12(16)18-2)7-8-4-3-5-9(13)6-8/h3-6,10H,7H2,1-2H3,(H,14,16). The van der Waals surface area contributed by atoms with E-state index >= 15 is 0 Å². The van der Waals surface area contributed by atoms with Gasteiger partial charge in [0.05, 0.1) is 14.2 Å². The smallest absolute Gasteiger partial charge is 0.407 e. The van der Waals surface area contributed by atoms with Gasteiger partial charge in [-0.05, 0) is 17.7 Å². The number of ether oxygens (including phenoxy) is 2. The van der Waals surface area contributed by atoms with Crippen molar-refractivity contribution >= 4 is 28.0 Å². The molecule has 0 aliphatic rings. The number of halogens is 1. The number of alkyl carbamates (subject to hydrolysis) is 1. The third-order valence-corrected chi connectivity index (χ3v) is 2.79. The highest BCUT2D eigenvalue weighted by atomic mass is 79.9. The first-order chi connectivity index (χ1) is 8.56. The van der Waals surface area contributed by atoms with E-state index in [2.05, 4.69) is 30.7 Å². The summed E-state index contributed by atoms with van der Waals surface area (Å²) >= 11 is 3.34. The van der Waals surface area contributed by atoms with Crippen molar-refractivity contribution in [1.29, 1.82) is 0 Å². The molecule has 0 aliphatic heterocycles. The number of rotatable bonds is 4. The van der Waals surface area contributed by atoms with Crippen LogP contribution < -0.4 is 5.32 Å². The normalized spacial score (nSPS) is 11.5. The Bertz CT molecular complexity index is 436. The molecule has 1 aromatic rings. The van der Waals surface area contributed by atoms with Crippen LogP contribution in [0.5, 0.6) is 0 Å². The number of esters is 1. The number of amides is 1. The van der Waals surface area contributed by atoms with Gasteiger partial charge in [-0.3, -0.25) is 0 Å². The van der Waals surface area contributed by atoms with Crippen LogP contribution in [0.4, 0.5) is 4.79 Å². The zero-order chi connectivity index (χ0) is 13.5. The molecule has 0 radical (unpaired) electrons. The lowest BCUT2D eigenvalue weighted by atomic mass is 10.1. The molecule has 5 nitrogen and oxygen atoms in total. The fraction of sp³-hybridized carbons (Fsp3) is 0.333. The topological polar surface area (TPSA) is 64.6 Å². The lowest BCUT2D eigenvalue weighted by molar-refractivity contribution is -0.142. The van der Waals surface area contributed by atoms with E-state index < -0.39 is 18.1 Å². The highest BCUT2D eigenvalue weighted by Gasteiger charge is 2.22. The Labute approximate surface area is 114 Å². The summed E-state index contributed by atoms with van der Waals surface area (Å²) in [5, 5.41) is 2.43. The maximum Gasteiger partial charge on any atom is 0.407 e. The van der Waals surface area contributed by atoms with E-state index in [0.717, 1.165) is 10.0 Å². The summed E-state index contributed by atoms with van der Waals surface area (Å²) < 4.78 is 10.0. The van der Waals surface area contributed by atoms with Gasteiger partial charge in [0.2, 0.25) is 0 Å². The molecule has 98 valence electrons. The van der Waals surface area contributed by atoms with Gasteiger partial charge in [-0.2, -0.15) is 0 Å². The number of hydrogen-bond acceptors (Lipinski definition) is 4. The minimum absolute atomic E-state index is 0.335. The fourth-order valence-electron chi connectivity index (χ4n) is 1.44. The third-order valence-electron chi connectivity index (χ3n) is 2.29. The zero-order valence-electron chi connectivity index (χ0n) is 10.1. The molecule has 6 heteroatoms. The van der Waals surface area contributed by atoms with Crippen molar-refractivity contribution in [3.8, 4) is 0 Å². The second kappa shape index (κ2) is 7.00. The molecular formula is C12H14BrNO4.